The number of carbonyl (C=O) groups excluding carboxylic acids is 1. The fraction of sp³-hybridized carbons (Fsp3) is 0.150. The van der Waals surface area contributed by atoms with Crippen LogP contribution in [-0.2, 0) is 4.74 Å². The number of benzene rings is 2. The molecule has 3 aromatic rings. The Morgan fingerprint density at radius 2 is 1.87 bits per heavy atom. The van der Waals surface area contributed by atoms with Gasteiger partial charge in [-0.15, -0.1) is 0 Å². The summed E-state index contributed by atoms with van der Waals surface area (Å²) in [6, 6.07) is 13.7. The summed E-state index contributed by atoms with van der Waals surface area (Å²) in [5.41, 5.74) is 3.34. The Kier molecular flexibility index (Phi) is 7.09. The third-order valence-electron chi connectivity index (χ3n) is 3.97. The molecule has 156 valence electrons. The first-order chi connectivity index (χ1) is 14.6. The molecule has 3 rings (SSSR count). The van der Waals surface area contributed by atoms with Gasteiger partial charge in [0.15, 0.2) is 11.6 Å². The number of methoxy groups -OCH3 is 1. The highest BCUT2D eigenvalue weighted by molar-refractivity contribution is 5.99. The third-order valence-corrected chi connectivity index (χ3v) is 3.97. The summed E-state index contributed by atoms with van der Waals surface area (Å²) < 4.78 is 24.7. The van der Waals surface area contributed by atoms with Crippen LogP contribution in [0.2, 0.25) is 0 Å². The minimum atomic E-state index is -0.676. The molecule has 0 radical (unpaired) electrons. The zero-order chi connectivity index (χ0) is 21.3. The van der Waals surface area contributed by atoms with Crippen LogP contribution in [0.15, 0.2) is 54.7 Å². The largest absolute Gasteiger partial charge is 0.491 e. The number of rotatable bonds is 9. The number of anilines is 4. The van der Waals surface area contributed by atoms with Gasteiger partial charge in [0.2, 0.25) is 5.95 Å². The molecule has 0 saturated heterocycles. The minimum Gasteiger partial charge on any atom is -0.491 e. The Morgan fingerprint density at radius 1 is 1.10 bits per heavy atom. The Morgan fingerprint density at radius 3 is 2.60 bits per heavy atom. The van der Waals surface area contributed by atoms with E-state index in [1.165, 1.54) is 0 Å². The topological polar surface area (TPSA) is 123 Å². The predicted molar refractivity (Wildman–Crippen MR) is 110 cm³/mol. The second-order valence-corrected chi connectivity index (χ2v) is 6.02. The maximum absolute atomic E-state index is 14.2. The van der Waals surface area contributed by atoms with Crippen LogP contribution < -0.4 is 26.6 Å². The van der Waals surface area contributed by atoms with Crippen molar-refractivity contribution in [3.63, 3.8) is 0 Å². The van der Waals surface area contributed by atoms with Crippen LogP contribution in [0, 0.1) is 5.82 Å². The van der Waals surface area contributed by atoms with Crippen molar-refractivity contribution in [2.75, 3.05) is 31.0 Å². The number of hydrogen-bond acceptors (Lipinski definition) is 8. The maximum Gasteiger partial charge on any atom is 0.267 e. The molecule has 2 aromatic carbocycles. The van der Waals surface area contributed by atoms with Gasteiger partial charge in [-0.25, -0.2) is 15.2 Å². The summed E-state index contributed by atoms with van der Waals surface area (Å²) in [5, 5.41) is 5.80. The van der Waals surface area contributed by atoms with Crippen LogP contribution in [0.4, 0.5) is 27.5 Å². The van der Waals surface area contributed by atoms with Gasteiger partial charge in [0.25, 0.3) is 5.91 Å². The Balaban J connectivity index is 1.74. The number of hydrazine groups is 1. The summed E-state index contributed by atoms with van der Waals surface area (Å²) in [4.78, 5) is 20.0. The zero-order valence-electron chi connectivity index (χ0n) is 16.2. The van der Waals surface area contributed by atoms with Gasteiger partial charge in [0.05, 0.1) is 24.1 Å². The second-order valence-electron chi connectivity index (χ2n) is 6.02. The number of aromatic nitrogens is 2. The van der Waals surface area contributed by atoms with Crippen LogP contribution >= 0.6 is 0 Å². The number of nitrogen functional groups attached to an aromatic ring is 1. The Labute approximate surface area is 172 Å². The second kappa shape index (κ2) is 10.1. The van der Waals surface area contributed by atoms with Crippen LogP contribution in [0.5, 0.6) is 5.75 Å². The van der Waals surface area contributed by atoms with E-state index in [0.717, 1.165) is 6.20 Å². The lowest BCUT2D eigenvalue weighted by molar-refractivity contribution is 0.0954. The van der Waals surface area contributed by atoms with Crippen molar-refractivity contribution in [2.45, 2.75) is 0 Å². The SMILES string of the molecule is COCCOc1ccc(Nc2ncc(F)c(Nc3ccccc3C(=O)NN)n2)cc1. The normalized spacial score (nSPS) is 10.4. The van der Waals surface area contributed by atoms with Gasteiger partial charge in [-0.2, -0.15) is 4.98 Å². The molecule has 0 atom stereocenters. The molecular weight excluding hydrogens is 391 g/mol. The molecule has 1 heterocycles. The summed E-state index contributed by atoms with van der Waals surface area (Å²) in [7, 11) is 1.60. The molecule has 1 aromatic heterocycles. The highest BCUT2D eigenvalue weighted by Crippen LogP contribution is 2.24. The van der Waals surface area contributed by atoms with Gasteiger partial charge >= 0.3 is 0 Å². The lowest BCUT2D eigenvalue weighted by Gasteiger charge is -2.12. The highest BCUT2D eigenvalue weighted by Gasteiger charge is 2.13. The minimum absolute atomic E-state index is 0.0932. The van der Waals surface area contributed by atoms with Crippen LogP contribution in [-0.4, -0.2) is 36.2 Å². The standard InChI is InChI=1S/C20H21FN6O3/c1-29-10-11-30-14-8-6-13(7-9-14)24-20-23-12-16(21)18(26-20)25-17-5-3-2-4-15(17)19(28)27-22/h2-9,12H,10-11,22H2,1H3,(H,27,28)(H2,23,24,25,26). The first kappa shape index (κ1) is 21.0. The van der Waals surface area contributed by atoms with Crippen LogP contribution in [0.1, 0.15) is 10.4 Å². The monoisotopic (exact) mass is 412 g/mol. The number of hydrogen-bond donors (Lipinski definition) is 4. The first-order valence-electron chi connectivity index (χ1n) is 8.99. The smallest absolute Gasteiger partial charge is 0.267 e. The number of nitrogens with two attached hydrogens (primary N) is 1. The molecule has 0 aliphatic carbocycles. The molecule has 0 aliphatic rings. The van der Waals surface area contributed by atoms with Crippen molar-refractivity contribution >= 4 is 29.0 Å². The Bertz CT molecular complexity index is 1000. The van der Waals surface area contributed by atoms with Crippen molar-refractivity contribution in [3.05, 3.63) is 66.1 Å². The molecule has 0 spiro atoms. The summed E-state index contributed by atoms with van der Waals surface area (Å²) in [6.07, 6.45) is 1.03. The van der Waals surface area contributed by atoms with E-state index >= 15 is 0 Å². The molecule has 0 saturated carbocycles. The number of nitrogens with zero attached hydrogens (tertiary/aromatic N) is 2. The van der Waals surface area contributed by atoms with E-state index < -0.39 is 11.7 Å². The molecule has 5 N–H and O–H groups in total. The number of ether oxygens (including phenoxy) is 2. The van der Waals surface area contributed by atoms with Gasteiger partial charge in [0, 0.05) is 12.8 Å². The fourth-order valence-electron chi connectivity index (χ4n) is 2.52. The predicted octanol–water partition coefficient (Wildman–Crippen LogP) is 2.73. The Hall–Kier alpha value is -3.76. The van der Waals surface area contributed by atoms with E-state index in [2.05, 4.69) is 26.0 Å². The fourth-order valence-corrected chi connectivity index (χ4v) is 2.52. The van der Waals surface area contributed by atoms with Crippen LogP contribution in [0.3, 0.4) is 0 Å². The van der Waals surface area contributed by atoms with E-state index in [1.54, 1.807) is 55.6 Å². The molecule has 9 nitrogen and oxygen atoms in total. The summed E-state index contributed by atoms with van der Waals surface area (Å²) in [5.74, 6) is 4.78. The maximum atomic E-state index is 14.2. The lowest BCUT2D eigenvalue weighted by Crippen LogP contribution is -2.30. The van der Waals surface area contributed by atoms with Crippen molar-refractivity contribution in [3.8, 4) is 5.75 Å². The van der Waals surface area contributed by atoms with Crippen molar-refractivity contribution in [2.24, 2.45) is 5.84 Å². The van der Waals surface area contributed by atoms with E-state index in [1.807, 2.05) is 0 Å². The molecule has 1 amide bonds. The van der Waals surface area contributed by atoms with E-state index in [4.69, 9.17) is 15.3 Å². The molecule has 0 unspecified atom stereocenters. The van der Waals surface area contributed by atoms with Crippen molar-refractivity contribution in [1.82, 2.24) is 15.4 Å². The van der Waals surface area contributed by atoms with Crippen molar-refractivity contribution in [1.29, 1.82) is 0 Å². The molecule has 10 heteroatoms. The van der Waals surface area contributed by atoms with E-state index in [9.17, 15) is 9.18 Å². The van der Waals surface area contributed by atoms with Gasteiger partial charge < -0.3 is 20.1 Å². The average molecular weight is 412 g/mol. The number of amides is 1. The van der Waals surface area contributed by atoms with Gasteiger partial charge in [-0.05, 0) is 36.4 Å². The van der Waals surface area contributed by atoms with E-state index in [-0.39, 0.29) is 17.3 Å². The third kappa shape index (κ3) is 5.40. The number of carbonyl (C=O) groups is 1. The van der Waals surface area contributed by atoms with Gasteiger partial charge in [0.1, 0.15) is 12.4 Å². The molecular formula is C20H21FN6O3. The average Bonchev–Trinajstić information content (AvgIpc) is 2.77. The molecule has 0 bridgehead atoms. The molecule has 0 fully saturated rings. The zero-order valence-corrected chi connectivity index (χ0v) is 16.2. The van der Waals surface area contributed by atoms with E-state index in [0.29, 0.717) is 30.3 Å². The molecule has 30 heavy (non-hydrogen) atoms. The van der Waals surface area contributed by atoms with Crippen LogP contribution in [0.25, 0.3) is 0 Å². The van der Waals surface area contributed by atoms with Crippen molar-refractivity contribution < 1.29 is 18.7 Å². The first-order valence-corrected chi connectivity index (χ1v) is 8.99. The van der Waals surface area contributed by atoms with Gasteiger partial charge in [-0.1, -0.05) is 12.1 Å². The summed E-state index contributed by atoms with van der Waals surface area (Å²) in [6.45, 7) is 0.943. The number of halogens is 1. The highest BCUT2D eigenvalue weighted by atomic mass is 19.1. The van der Waals surface area contributed by atoms with Gasteiger partial charge in [-0.3, -0.25) is 10.2 Å². The number of nitrogens with one attached hydrogen (secondary N) is 3. The molecule has 0 aliphatic heterocycles. The number of para-hydroxylation sites is 1. The summed E-state index contributed by atoms with van der Waals surface area (Å²) >= 11 is 0. The lowest BCUT2D eigenvalue weighted by atomic mass is 10.1. The quantitative estimate of drug-likeness (QED) is 0.183.